The highest BCUT2D eigenvalue weighted by atomic mass is 32.2. The van der Waals surface area contributed by atoms with Crippen molar-refractivity contribution in [3.05, 3.63) is 35.1 Å². The fourth-order valence-corrected chi connectivity index (χ4v) is 2.10. The third-order valence-corrected chi connectivity index (χ3v) is 4.23. The minimum absolute atomic E-state index is 0.0474. The van der Waals surface area contributed by atoms with Gasteiger partial charge >= 0.3 is 11.9 Å². The molecule has 0 aliphatic heterocycles. The molecule has 22 heavy (non-hydrogen) atoms. The van der Waals surface area contributed by atoms with Crippen LogP contribution in [0.1, 0.15) is 38.8 Å². The van der Waals surface area contributed by atoms with Crippen LogP contribution in [0.4, 0.5) is 13.2 Å². The third-order valence-electron chi connectivity index (χ3n) is 2.74. The Labute approximate surface area is 128 Å². The average molecular weight is 335 g/mol. The zero-order valence-electron chi connectivity index (χ0n) is 12.5. The van der Waals surface area contributed by atoms with Gasteiger partial charge in [0, 0.05) is 5.56 Å². The number of nitrogens with zero attached hydrogens (tertiary/aromatic N) is 1. The van der Waals surface area contributed by atoms with Crippen molar-refractivity contribution in [2.75, 3.05) is 0 Å². The first kappa shape index (κ1) is 18.3. The van der Waals surface area contributed by atoms with Crippen LogP contribution in [0, 0.1) is 5.82 Å². The summed E-state index contributed by atoms with van der Waals surface area (Å²) in [5.41, 5.74) is -1.61. The molecule has 1 unspecified atom stereocenters. The number of benzene rings is 1. The summed E-state index contributed by atoms with van der Waals surface area (Å²) in [7, 11) is -1.70. The molecule has 0 amide bonds. The summed E-state index contributed by atoms with van der Waals surface area (Å²) in [6, 6.07) is 2.97. The van der Waals surface area contributed by atoms with Crippen molar-refractivity contribution in [1.82, 2.24) is 0 Å². The highest BCUT2D eigenvalue weighted by molar-refractivity contribution is 7.85. The van der Waals surface area contributed by atoms with Gasteiger partial charge in [-0.15, -0.1) is 0 Å². The van der Waals surface area contributed by atoms with E-state index >= 15 is 0 Å². The van der Waals surface area contributed by atoms with Gasteiger partial charge in [0.15, 0.2) is 0 Å². The van der Waals surface area contributed by atoms with E-state index in [1.54, 1.807) is 20.8 Å². The highest BCUT2D eigenvalue weighted by Crippen LogP contribution is 2.32. The first-order valence-corrected chi connectivity index (χ1v) is 7.37. The molecule has 0 saturated carbocycles. The molecule has 8 heteroatoms. The number of aliphatic carboxylic acids is 1. The van der Waals surface area contributed by atoms with Gasteiger partial charge in [-0.1, -0.05) is 12.1 Å². The lowest BCUT2D eigenvalue weighted by Gasteiger charge is -2.16. The van der Waals surface area contributed by atoms with Crippen LogP contribution < -0.4 is 0 Å². The number of alkyl halides is 2. The Morgan fingerprint density at radius 1 is 1.27 bits per heavy atom. The number of hydrogen-bond donors (Lipinski definition) is 1. The predicted molar refractivity (Wildman–Crippen MR) is 78.0 cm³/mol. The maximum atomic E-state index is 14.2. The molecule has 122 valence electrons. The van der Waals surface area contributed by atoms with Crippen LogP contribution in [-0.2, 0) is 21.7 Å². The zero-order valence-corrected chi connectivity index (χ0v) is 13.3. The SMILES string of the molecule is CC(=NS(=O)C(C)(C)C)c1cccc(C(F)(F)C(=O)O)c1F. The van der Waals surface area contributed by atoms with Crippen molar-refractivity contribution in [1.29, 1.82) is 0 Å². The molecule has 1 rings (SSSR count). The molecule has 1 aromatic rings. The molecular weight excluding hydrogens is 319 g/mol. The second kappa shape index (κ2) is 6.20. The van der Waals surface area contributed by atoms with E-state index in [0.29, 0.717) is 6.07 Å². The van der Waals surface area contributed by atoms with Gasteiger partial charge in [-0.2, -0.15) is 13.2 Å². The Bertz CT molecular complexity index is 651. The molecule has 0 aliphatic carbocycles. The van der Waals surface area contributed by atoms with E-state index in [2.05, 4.69) is 4.40 Å². The van der Waals surface area contributed by atoms with Crippen molar-refractivity contribution in [2.45, 2.75) is 38.4 Å². The summed E-state index contributed by atoms with van der Waals surface area (Å²) in [5, 5.41) is 8.51. The van der Waals surface area contributed by atoms with Gasteiger partial charge in [0.2, 0.25) is 0 Å². The second-order valence-corrected chi connectivity index (χ2v) is 7.49. The summed E-state index contributed by atoms with van der Waals surface area (Å²) in [6.45, 7) is 6.30. The molecule has 1 aromatic carbocycles. The van der Waals surface area contributed by atoms with Gasteiger partial charge in [0.1, 0.15) is 16.8 Å². The van der Waals surface area contributed by atoms with Crippen molar-refractivity contribution >= 4 is 22.7 Å². The molecule has 0 bridgehead atoms. The molecule has 0 fully saturated rings. The lowest BCUT2D eigenvalue weighted by molar-refractivity contribution is -0.166. The van der Waals surface area contributed by atoms with Crippen LogP contribution in [0.5, 0.6) is 0 Å². The Morgan fingerprint density at radius 2 is 1.82 bits per heavy atom. The van der Waals surface area contributed by atoms with Crippen LogP contribution in [0.2, 0.25) is 0 Å². The predicted octanol–water partition coefficient (Wildman–Crippen LogP) is 3.27. The second-order valence-electron chi connectivity index (χ2n) is 5.58. The Kier molecular flexibility index (Phi) is 5.17. The number of carboxylic acids is 1. The summed E-state index contributed by atoms with van der Waals surface area (Å²) in [5.74, 6) is -8.19. The molecule has 0 radical (unpaired) electrons. The highest BCUT2D eigenvalue weighted by Gasteiger charge is 2.44. The lowest BCUT2D eigenvalue weighted by atomic mass is 10.0. The van der Waals surface area contributed by atoms with Gasteiger partial charge in [-0.3, -0.25) is 0 Å². The van der Waals surface area contributed by atoms with Gasteiger partial charge in [0.25, 0.3) is 0 Å². The van der Waals surface area contributed by atoms with E-state index in [9.17, 15) is 22.2 Å². The first-order valence-electron chi connectivity index (χ1n) is 6.27. The fraction of sp³-hybridized carbons (Fsp3) is 0.429. The topological polar surface area (TPSA) is 66.7 Å². The van der Waals surface area contributed by atoms with Crippen LogP contribution in [0.25, 0.3) is 0 Å². The Balaban J connectivity index is 3.38. The van der Waals surface area contributed by atoms with E-state index < -0.39 is 39.0 Å². The van der Waals surface area contributed by atoms with E-state index in [0.717, 1.165) is 6.07 Å². The third kappa shape index (κ3) is 3.73. The molecule has 4 nitrogen and oxygen atoms in total. The maximum Gasteiger partial charge on any atom is 0.379 e. The molecule has 1 N–H and O–H groups in total. The minimum atomic E-state index is -4.36. The number of carbonyl (C=O) groups is 1. The van der Waals surface area contributed by atoms with Crippen LogP contribution in [0.3, 0.4) is 0 Å². The van der Waals surface area contributed by atoms with E-state index in [-0.39, 0.29) is 11.3 Å². The van der Waals surface area contributed by atoms with Gasteiger partial charge in [-0.05, 0) is 33.8 Å². The number of carboxylic acid groups (broad SMARTS) is 1. The summed E-state index contributed by atoms with van der Waals surface area (Å²) >= 11 is 0. The normalized spacial score (nSPS) is 14.8. The molecule has 0 aromatic heterocycles. The van der Waals surface area contributed by atoms with Crippen LogP contribution >= 0.6 is 0 Å². The maximum absolute atomic E-state index is 14.2. The van der Waals surface area contributed by atoms with Crippen LogP contribution in [-0.4, -0.2) is 25.7 Å². The summed E-state index contributed by atoms with van der Waals surface area (Å²) in [4.78, 5) is 10.6. The number of hydrogen-bond acceptors (Lipinski definition) is 2. The van der Waals surface area contributed by atoms with Gasteiger partial charge in [0.05, 0.1) is 16.0 Å². The molecule has 0 spiro atoms. The molecule has 0 saturated heterocycles. The Morgan fingerprint density at radius 3 is 2.27 bits per heavy atom. The molecular formula is C14H16F3NO3S. The van der Waals surface area contributed by atoms with Crippen molar-refractivity contribution in [3.63, 3.8) is 0 Å². The average Bonchev–Trinajstić information content (AvgIpc) is 2.37. The zero-order chi connectivity index (χ0) is 17.3. The van der Waals surface area contributed by atoms with E-state index in [1.807, 2.05) is 0 Å². The van der Waals surface area contributed by atoms with Gasteiger partial charge in [-0.25, -0.2) is 13.4 Å². The van der Waals surface area contributed by atoms with Crippen molar-refractivity contribution < 1.29 is 27.3 Å². The lowest BCUT2D eigenvalue weighted by Crippen LogP contribution is -2.27. The van der Waals surface area contributed by atoms with Crippen molar-refractivity contribution in [3.8, 4) is 0 Å². The Hall–Kier alpha value is -1.70. The smallest absolute Gasteiger partial charge is 0.379 e. The quantitative estimate of drug-likeness (QED) is 0.859. The largest absolute Gasteiger partial charge is 0.477 e. The number of halogens is 3. The number of rotatable bonds is 4. The van der Waals surface area contributed by atoms with Gasteiger partial charge < -0.3 is 5.11 Å². The van der Waals surface area contributed by atoms with Crippen LogP contribution in [0.15, 0.2) is 22.6 Å². The molecule has 1 atom stereocenters. The fourth-order valence-electron chi connectivity index (χ4n) is 1.48. The first-order chi connectivity index (χ1) is 9.89. The summed E-state index contributed by atoms with van der Waals surface area (Å²) < 4.78 is 56.2. The summed E-state index contributed by atoms with van der Waals surface area (Å²) in [6.07, 6.45) is 0. The van der Waals surface area contributed by atoms with E-state index in [1.165, 1.54) is 13.0 Å². The van der Waals surface area contributed by atoms with Crippen molar-refractivity contribution in [2.24, 2.45) is 4.40 Å². The standard InChI is InChI=1S/C14H16F3NO3S/c1-8(18-22(21)13(2,3)4)9-6-5-7-10(11(9)15)14(16,17)12(19)20/h5-7H,1-4H3,(H,19,20). The molecule has 0 heterocycles. The van der Waals surface area contributed by atoms with E-state index in [4.69, 9.17) is 5.11 Å². The monoisotopic (exact) mass is 335 g/mol. The molecule has 0 aliphatic rings. The minimum Gasteiger partial charge on any atom is -0.477 e.